The van der Waals surface area contributed by atoms with E-state index in [1.54, 1.807) is 13.3 Å². The number of anilines is 4. The van der Waals surface area contributed by atoms with Gasteiger partial charge in [0.15, 0.2) is 22.5 Å². The zero-order valence-electron chi connectivity index (χ0n) is 35.8. The number of hydrogen-bond acceptors (Lipinski definition) is 14. The van der Waals surface area contributed by atoms with E-state index < -0.39 is 5.97 Å². The summed E-state index contributed by atoms with van der Waals surface area (Å²) in [7, 11) is 1.64. The number of aromatic carboxylic acids is 1. The molecule has 15 nitrogen and oxygen atoms in total. The van der Waals surface area contributed by atoms with Crippen molar-refractivity contribution in [2.75, 3.05) is 56.8 Å². The van der Waals surface area contributed by atoms with Crippen molar-refractivity contribution in [2.45, 2.75) is 91.2 Å². The van der Waals surface area contributed by atoms with Crippen LogP contribution < -0.4 is 20.3 Å². The predicted molar refractivity (Wildman–Crippen MR) is 234 cm³/mol. The third-order valence-electron chi connectivity index (χ3n) is 13.7. The Bertz CT molecular complexity index is 2450. The number of aliphatic hydroxyl groups excluding tert-OH is 2. The standard InChI is InChI=1S/C45H57N9O6S/c1-27-31-7-6-13-53(39(31)52-51-38(27)50-41-48-34-15-30(59-5)8-10-35(34)61-41)36-11-9-32(37(49-36)40(57)58)33-17-47-54(28(33)2)26-44-21-42(3)20-43(4,22-44)24-45(23-42,25-44)60-14-12-46-16-29(18-55)19-56/h8-11,15,17,29,46,55-56H,6-7,12-14,16,18-26H2,1-5H3,(H,57,58)(H,48,50,51). The summed E-state index contributed by atoms with van der Waals surface area (Å²) in [5.74, 6) is 1.30. The molecular weight excluding hydrogens is 795 g/mol. The molecule has 0 spiro atoms. The number of pyridine rings is 1. The number of thiazole rings is 1. The first-order valence-corrected chi connectivity index (χ1v) is 22.3. The lowest BCUT2D eigenvalue weighted by atomic mass is 9.39. The van der Waals surface area contributed by atoms with Gasteiger partial charge in [0, 0.05) is 79.3 Å². The smallest absolute Gasteiger partial charge is 0.355 e. The summed E-state index contributed by atoms with van der Waals surface area (Å²) >= 11 is 1.53. The van der Waals surface area contributed by atoms with Crippen LogP contribution >= 0.6 is 11.3 Å². The van der Waals surface area contributed by atoms with Crippen molar-refractivity contribution in [1.82, 2.24) is 35.3 Å². The Kier molecular flexibility index (Phi) is 10.8. The minimum absolute atomic E-state index is 0.00490. The van der Waals surface area contributed by atoms with Gasteiger partial charge in [-0.15, -0.1) is 10.2 Å². The summed E-state index contributed by atoms with van der Waals surface area (Å²) < 4.78 is 15.3. The van der Waals surface area contributed by atoms with Crippen LogP contribution in [0.1, 0.15) is 86.1 Å². The maximum absolute atomic E-state index is 13.0. The van der Waals surface area contributed by atoms with Crippen LogP contribution in [0.5, 0.6) is 5.75 Å². The molecule has 4 saturated carbocycles. The number of rotatable bonds is 16. The highest BCUT2D eigenvalue weighted by Gasteiger charge is 2.66. The average Bonchev–Trinajstić information content (AvgIpc) is 3.79. The number of methoxy groups -OCH3 is 1. The van der Waals surface area contributed by atoms with Gasteiger partial charge in [-0.3, -0.25) is 4.68 Å². The summed E-state index contributed by atoms with van der Waals surface area (Å²) in [6, 6.07) is 9.57. The third kappa shape index (κ3) is 7.86. The quantitative estimate of drug-likeness (QED) is 0.0650. The van der Waals surface area contributed by atoms with E-state index in [2.05, 4.69) is 39.4 Å². The van der Waals surface area contributed by atoms with Crippen LogP contribution in [0.4, 0.5) is 22.6 Å². The zero-order valence-corrected chi connectivity index (χ0v) is 36.6. The number of ether oxygens (including phenoxy) is 2. The number of nitrogens with zero attached hydrogens (tertiary/aromatic N) is 7. The van der Waals surface area contributed by atoms with E-state index in [1.165, 1.54) is 17.8 Å². The van der Waals surface area contributed by atoms with E-state index in [4.69, 9.17) is 24.5 Å². The molecule has 0 radical (unpaired) electrons. The van der Waals surface area contributed by atoms with Gasteiger partial charge in [0.05, 0.1) is 35.7 Å². The number of aliphatic hydroxyl groups is 2. The lowest BCUT2D eigenvalue weighted by Gasteiger charge is -2.69. The maximum Gasteiger partial charge on any atom is 0.355 e. The van der Waals surface area contributed by atoms with Gasteiger partial charge < -0.3 is 40.3 Å². The number of hydrogen-bond donors (Lipinski definition) is 5. The lowest BCUT2D eigenvalue weighted by molar-refractivity contribution is -0.247. The highest BCUT2D eigenvalue weighted by Crippen LogP contribution is 2.72. The van der Waals surface area contributed by atoms with E-state index in [0.29, 0.717) is 54.4 Å². The number of carboxylic acid groups (broad SMARTS) is 1. The number of carboxylic acids is 1. The van der Waals surface area contributed by atoms with Crippen molar-refractivity contribution in [2.24, 2.45) is 22.2 Å². The Morgan fingerprint density at radius 3 is 2.51 bits per heavy atom. The number of nitrogens with one attached hydrogen (secondary N) is 2. The first-order chi connectivity index (χ1) is 29.3. The molecule has 2 atom stereocenters. The van der Waals surface area contributed by atoms with Gasteiger partial charge in [-0.25, -0.2) is 14.8 Å². The summed E-state index contributed by atoms with van der Waals surface area (Å²) in [6.07, 6.45) is 9.90. The molecule has 2 unspecified atom stereocenters. The molecule has 4 fully saturated rings. The van der Waals surface area contributed by atoms with Crippen LogP contribution in [0.15, 0.2) is 36.5 Å². The Balaban J connectivity index is 0.941. The Morgan fingerprint density at radius 2 is 1.77 bits per heavy atom. The maximum atomic E-state index is 13.0. The number of benzene rings is 1. The minimum Gasteiger partial charge on any atom is -0.497 e. The molecule has 5 aliphatic rings. The Labute approximate surface area is 359 Å². The highest BCUT2D eigenvalue weighted by atomic mass is 32.1. The topological polar surface area (TPSA) is 193 Å². The Hall–Kier alpha value is -4.74. The molecule has 61 heavy (non-hydrogen) atoms. The van der Waals surface area contributed by atoms with E-state index >= 15 is 0 Å². The molecule has 5 aromatic rings. The van der Waals surface area contributed by atoms with Crippen LogP contribution in [0.3, 0.4) is 0 Å². The van der Waals surface area contributed by atoms with Crippen molar-refractivity contribution in [3.8, 4) is 16.9 Å². The first kappa shape index (κ1) is 41.6. The second-order valence-electron chi connectivity index (χ2n) is 19.0. The van der Waals surface area contributed by atoms with Crippen LogP contribution in [0.2, 0.25) is 0 Å². The SMILES string of the molecule is COc1ccc2sc(Nc3nnc4c(c3C)CCCN4c3ccc(-c4cnn(CC56CC7(C)CC(C)(C5)CC(OCCNCC(CO)CO)(C7)C6)c4C)c(C(=O)O)n3)nc2c1. The fourth-order valence-corrected chi connectivity index (χ4v) is 13.1. The molecule has 5 N–H and O–H groups in total. The predicted octanol–water partition coefficient (Wildman–Crippen LogP) is 6.82. The summed E-state index contributed by atoms with van der Waals surface area (Å²) in [5.41, 5.74) is 5.14. The minimum atomic E-state index is -1.10. The van der Waals surface area contributed by atoms with Crippen LogP contribution in [-0.4, -0.2) is 103 Å². The Morgan fingerprint density at radius 1 is 0.984 bits per heavy atom. The highest BCUT2D eigenvalue weighted by molar-refractivity contribution is 7.22. The van der Waals surface area contributed by atoms with Crippen LogP contribution in [0.25, 0.3) is 21.3 Å². The number of fused-ring (bicyclic) bond motifs is 2. The first-order valence-electron chi connectivity index (χ1n) is 21.4. The summed E-state index contributed by atoms with van der Waals surface area (Å²) in [6.45, 7) is 12.0. The lowest BCUT2D eigenvalue weighted by Crippen LogP contribution is -2.64. The zero-order chi connectivity index (χ0) is 42.7. The van der Waals surface area contributed by atoms with Gasteiger partial charge >= 0.3 is 5.97 Å². The largest absolute Gasteiger partial charge is 0.497 e. The van der Waals surface area contributed by atoms with Crippen molar-refractivity contribution in [3.63, 3.8) is 0 Å². The van der Waals surface area contributed by atoms with Crippen molar-refractivity contribution < 1.29 is 29.6 Å². The molecule has 16 heteroatoms. The molecular formula is C45H57N9O6S. The molecule has 5 heterocycles. The van der Waals surface area contributed by atoms with E-state index in [9.17, 15) is 20.1 Å². The second kappa shape index (κ2) is 15.9. The molecule has 0 saturated heterocycles. The van der Waals surface area contributed by atoms with E-state index in [0.717, 1.165) is 89.8 Å². The molecule has 4 aliphatic carbocycles. The van der Waals surface area contributed by atoms with Crippen LogP contribution in [-0.2, 0) is 17.7 Å². The fraction of sp³-hybridized carbons (Fsp3) is 0.556. The third-order valence-corrected chi connectivity index (χ3v) is 14.7. The van der Waals surface area contributed by atoms with Gasteiger partial charge in [-0.2, -0.15) is 5.10 Å². The van der Waals surface area contributed by atoms with E-state index in [1.807, 2.05) is 49.1 Å². The molecule has 4 bridgehead atoms. The molecule has 0 amide bonds. The second-order valence-corrected chi connectivity index (χ2v) is 20.1. The van der Waals surface area contributed by atoms with Gasteiger partial charge in [0.2, 0.25) is 0 Å². The number of aromatic nitrogens is 6. The molecule has 1 aliphatic heterocycles. The molecule has 324 valence electrons. The summed E-state index contributed by atoms with van der Waals surface area (Å²) in [4.78, 5) is 24.5. The van der Waals surface area contributed by atoms with Gasteiger partial charge in [0.25, 0.3) is 0 Å². The van der Waals surface area contributed by atoms with Gasteiger partial charge in [0.1, 0.15) is 11.6 Å². The average molecular weight is 852 g/mol. The van der Waals surface area contributed by atoms with Gasteiger partial charge in [-0.05, 0) is 106 Å². The molecule has 4 aromatic heterocycles. The van der Waals surface area contributed by atoms with E-state index in [-0.39, 0.29) is 46.7 Å². The summed E-state index contributed by atoms with van der Waals surface area (Å²) in [5, 5.41) is 51.1. The normalized spacial score (nSPS) is 25.4. The van der Waals surface area contributed by atoms with Crippen molar-refractivity contribution >= 4 is 50.1 Å². The monoisotopic (exact) mass is 851 g/mol. The fourth-order valence-electron chi connectivity index (χ4n) is 12.3. The van der Waals surface area contributed by atoms with Crippen LogP contribution in [0, 0.1) is 36.0 Å². The van der Waals surface area contributed by atoms with Crippen molar-refractivity contribution in [1.29, 1.82) is 0 Å². The van der Waals surface area contributed by atoms with Crippen molar-refractivity contribution in [3.05, 3.63) is 59.0 Å². The molecule has 1 aromatic carbocycles. The number of carbonyl (C=O) groups is 1. The molecule has 10 rings (SSSR count). The van der Waals surface area contributed by atoms with Gasteiger partial charge in [-0.1, -0.05) is 25.2 Å².